The Hall–Kier alpha value is -3.13. The maximum atomic E-state index is 13.3. The summed E-state index contributed by atoms with van der Waals surface area (Å²) in [4.78, 5) is 21.0. The maximum absolute atomic E-state index is 13.3. The molecule has 4 heterocycles. The molecule has 1 amide bonds. The molecule has 0 radical (unpaired) electrons. The first kappa shape index (κ1) is 21.7. The lowest BCUT2D eigenvalue weighted by Gasteiger charge is -2.40. The molecule has 7 nitrogen and oxygen atoms in total. The van der Waals surface area contributed by atoms with Crippen LogP contribution in [0.3, 0.4) is 0 Å². The van der Waals surface area contributed by atoms with Crippen LogP contribution in [0.4, 0.5) is 11.5 Å². The summed E-state index contributed by atoms with van der Waals surface area (Å²) in [6.07, 6.45) is 1.94. The summed E-state index contributed by atoms with van der Waals surface area (Å²) in [6.45, 7) is 4.86. The standard InChI is InChI=1S/C25H29N5O2S/c1-32-21-8-6-20(7-9-21)28-13-15-29(16-14-28)25(31)19-4-2-12-30(18-19)24-11-10-22(26-27-24)23-5-3-17-33-23/h3,5-11,17,19H,2,4,12-16,18H2,1H3. The van der Waals surface area contributed by atoms with Crippen LogP contribution in [0.5, 0.6) is 5.75 Å². The molecular formula is C25H29N5O2S. The van der Waals surface area contributed by atoms with E-state index in [0.29, 0.717) is 6.54 Å². The Morgan fingerprint density at radius 1 is 0.970 bits per heavy atom. The number of thiophene rings is 1. The molecule has 172 valence electrons. The average molecular weight is 464 g/mol. The van der Waals surface area contributed by atoms with Gasteiger partial charge < -0.3 is 19.4 Å². The number of piperidine rings is 1. The second kappa shape index (κ2) is 9.79. The van der Waals surface area contributed by atoms with Crippen molar-refractivity contribution in [3.8, 4) is 16.3 Å². The molecule has 0 bridgehead atoms. The second-order valence-corrected chi connectivity index (χ2v) is 9.50. The predicted octanol–water partition coefficient (Wildman–Crippen LogP) is 3.78. The minimum atomic E-state index is 0.0186. The Bertz CT molecular complexity index is 1050. The van der Waals surface area contributed by atoms with Gasteiger partial charge in [0.15, 0.2) is 5.82 Å². The fourth-order valence-corrected chi connectivity index (χ4v) is 5.36. The molecule has 2 aliphatic rings. The normalized spacial score (nSPS) is 18.9. The third-order valence-electron chi connectivity index (χ3n) is 6.55. The molecule has 5 rings (SSSR count). The van der Waals surface area contributed by atoms with E-state index in [0.717, 1.165) is 67.7 Å². The summed E-state index contributed by atoms with van der Waals surface area (Å²) in [7, 11) is 1.68. The molecule has 8 heteroatoms. The van der Waals surface area contributed by atoms with Crippen LogP contribution in [-0.2, 0) is 4.79 Å². The molecule has 2 saturated heterocycles. The largest absolute Gasteiger partial charge is 0.497 e. The fourth-order valence-electron chi connectivity index (χ4n) is 4.67. The number of benzene rings is 1. The van der Waals surface area contributed by atoms with Crippen LogP contribution in [0.1, 0.15) is 12.8 Å². The van der Waals surface area contributed by atoms with Gasteiger partial charge in [-0.25, -0.2) is 0 Å². The third kappa shape index (κ3) is 4.80. The molecule has 0 N–H and O–H groups in total. The van der Waals surface area contributed by atoms with Crippen LogP contribution in [0, 0.1) is 5.92 Å². The van der Waals surface area contributed by atoms with Gasteiger partial charge in [-0.05, 0) is 60.7 Å². The summed E-state index contributed by atoms with van der Waals surface area (Å²) in [6, 6.07) is 16.3. The first-order chi connectivity index (χ1) is 16.2. The zero-order chi connectivity index (χ0) is 22.6. The molecule has 2 aromatic heterocycles. The van der Waals surface area contributed by atoms with E-state index >= 15 is 0 Å². The van der Waals surface area contributed by atoms with Gasteiger partial charge in [0, 0.05) is 45.0 Å². The number of ether oxygens (including phenoxy) is 1. The molecule has 1 unspecified atom stereocenters. The lowest BCUT2D eigenvalue weighted by Crippen LogP contribution is -2.52. The highest BCUT2D eigenvalue weighted by atomic mass is 32.1. The number of nitrogens with zero attached hydrogens (tertiary/aromatic N) is 5. The molecule has 0 spiro atoms. The monoisotopic (exact) mass is 463 g/mol. The van der Waals surface area contributed by atoms with E-state index in [2.05, 4.69) is 38.2 Å². The molecule has 33 heavy (non-hydrogen) atoms. The summed E-state index contributed by atoms with van der Waals surface area (Å²) in [5, 5.41) is 10.9. The molecule has 0 saturated carbocycles. The Balaban J connectivity index is 1.17. The van der Waals surface area contributed by atoms with Crippen molar-refractivity contribution < 1.29 is 9.53 Å². The Morgan fingerprint density at radius 2 is 1.79 bits per heavy atom. The quantitative estimate of drug-likeness (QED) is 0.574. The van der Waals surface area contributed by atoms with Crippen molar-refractivity contribution in [3.63, 3.8) is 0 Å². The molecule has 1 atom stereocenters. The minimum absolute atomic E-state index is 0.0186. The SMILES string of the molecule is COc1ccc(N2CCN(C(=O)C3CCCN(c4ccc(-c5cccs5)nn4)C3)CC2)cc1. The first-order valence-corrected chi connectivity index (χ1v) is 12.4. The smallest absolute Gasteiger partial charge is 0.227 e. The summed E-state index contributed by atoms with van der Waals surface area (Å²) >= 11 is 1.66. The van der Waals surface area contributed by atoms with Gasteiger partial charge in [0.2, 0.25) is 5.91 Å². The topological polar surface area (TPSA) is 61.8 Å². The van der Waals surface area contributed by atoms with Crippen LogP contribution < -0.4 is 14.5 Å². The number of aromatic nitrogens is 2. The number of carbonyl (C=O) groups is 1. The van der Waals surface area contributed by atoms with Crippen LogP contribution in [0.25, 0.3) is 10.6 Å². The van der Waals surface area contributed by atoms with Gasteiger partial charge in [0.05, 0.1) is 17.9 Å². The average Bonchev–Trinajstić information content (AvgIpc) is 3.44. The van der Waals surface area contributed by atoms with Crippen LogP contribution in [0.2, 0.25) is 0 Å². The lowest BCUT2D eigenvalue weighted by atomic mass is 9.96. The van der Waals surface area contributed by atoms with E-state index in [1.807, 2.05) is 40.6 Å². The minimum Gasteiger partial charge on any atom is -0.497 e. The Morgan fingerprint density at radius 3 is 2.45 bits per heavy atom. The number of carbonyl (C=O) groups excluding carboxylic acids is 1. The zero-order valence-corrected chi connectivity index (χ0v) is 19.7. The van der Waals surface area contributed by atoms with E-state index in [1.165, 1.54) is 5.69 Å². The molecule has 2 fully saturated rings. The number of rotatable bonds is 5. The Labute approximate surface area is 198 Å². The second-order valence-electron chi connectivity index (χ2n) is 8.55. The summed E-state index contributed by atoms with van der Waals surface area (Å²) < 4.78 is 5.25. The number of amides is 1. The predicted molar refractivity (Wildman–Crippen MR) is 132 cm³/mol. The summed E-state index contributed by atoms with van der Waals surface area (Å²) in [5.41, 5.74) is 2.07. The van der Waals surface area contributed by atoms with Crippen LogP contribution in [0.15, 0.2) is 53.9 Å². The van der Waals surface area contributed by atoms with Gasteiger partial charge in [-0.1, -0.05) is 6.07 Å². The van der Waals surface area contributed by atoms with Crippen molar-refractivity contribution >= 4 is 28.7 Å². The number of anilines is 2. The van der Waals surface area contributed by atoms with Crippen molar-refractivity contribution in [1.29, 1.82) is 0 Å². The van der Waals surface area contributed by atoms with Gasteiger partial charge in [0.25, 0.3) is 0 Å². The number of hydrogen-bond donors (Lipinski definition) is 0. The van der Waals surface area contributed by atoms with Crippen molar-refractivity contribution in [2.24, 2.45) is 5.92 Å². The highest BCUT2D eigenvalue weighted by molar-refractivity contribution is 7.13. The van der Waals surface area contributed by atoms with Crippen molar-refractivity contribution in [2.75, 3.05) is 56.2 Å². The molecule has 1 aromatic carbocycles. The molecule has 2 aliphatic heterocycles. The van der Waals surface area contributed by atoms with Crippen LogP contribution >= 0.6 is 11.3 Å². The van der Waals surface area contributed by atoms with E-state index in [9.17, 15) is 4.79 Å². The number of hydrogen-bond acceptors (Lipinski definition) is 7. The Kier molecular flexibility index (Phi) is 6.44. The highest BCUT2D eigenvalue weighted by Crippen LogP contribution is 2.27. The van der Waals surface area contributed by atoms with Crippen LogP contribution in [-0.4, -0.2) is 67.4 Å². The van der Waals surface area contributed by atoms with E-state index < -0.39 is 0 Å². The molecule has 0 aliphatic carbocycles. The van der Waals surface area contributed by atoms with E-state index in [-0.39, 0.29) is 11.8 Å². The molecular weight excluding hydrogens is 434 g/mol. The summed E-state index contributed by atoms with van der Waals surface area (Å²) in [5.74, 6) is 2.01. The van der Waals surface area contributed by atoms with Gasteiger partial charge in [-0.2, -0.15) is 0 Å². The van der Waals surface area contributed by atoms with E-state index in [1.54, 1.807) is 18.4 Å². The van der Waals surface area contributed by atoms with E-state index in [4.69, 9.17) is 4.74 Å². The molecule has 3 aromatic rings. The lowest BCUT2D eigenvalue weighted by molar-refractivity contribution is -0.136. The fraction of sp³-hybridized carbons (Fsp3) is 0.400. The third-order valence-corrected chi connectivity index (χ3v) is 7.44. The maximum Gasteiger partial charge on any atom is 0.227 e. The van der Waals surface area contributed by atoms with Crippen molar-refractivity contribution in [2.45, 2.75) is 12.8 Å². The highest BCUT2D eigenvalue weighted by Gasteiger charge is 2.31. The van der Waals surface area contributed by atoms with Gasteiger partial charge >= 0.3 is 0 Å². The van der Waals surface area contributed by atoms with Crippen molar-refractivity contribution in [3.05, 3.63) is 53.9 Å². The number of piperazine rings is 1. The van der Waals surface area contributed by atoms with Gasteiger partial charge in [0.1, 0.15) is 11.4 Å². The zero-order valence-electron chi connectivity index (χ0n) is 18.9. The first-order valence-electron chi connectivity index (χ1n) is 11.5. The van der Waals surface area contributed by atoms with Gasteiger partial charge in [-0.15, -0.1) is 21.5 Å². The number of methoxy groups -OCH3 is 1. The van der Waals surface area contributed by atoms with Gasteiger partial charge in [-0.3, -0.25) is 4.79 Å². The van der Waals surface area contributed by atoms with Crippen molar-refractivity contribution in [1.82, 2.24) is 15.1 Å².